The summed E-state index contributed by atoms with van der Waals surface area (Å²) in [6.07, 6.45) is 3.51. The second-order valence-electron chi connectivity index (χ2n) is 4.80. The molecule has 0 aliphatic carbocycles. The molecule has 6 nitrogen and oxygen atoms in total. The highest BCUT2D eigenvalue weighted by Crippen LogP contribution is 2.22. The molecule has 4 rings (SSSR count). The van der Waals surface area contributed by atoms with E-state index in [1.54, 1.807) is 19.5 Å². The van der Waals surface area contributed by atoms with Crippen LogP contribution in [0.15, 0.2) is 54.9 Å². The Bertz CT molecular complexity index is 909. The van der Waals surface area contributed by atoms with Crippen LogP contribution >= 0.6 is 0 Å². The molecule has 3 heterocycles. The molecule has 6 heteroatoms. The lowest BCUT2D eigenvalue weighted by atomic mass is 10.3. The predicted octanol–water partition coefficient (Wildman–Crippen LogP) is 2.82. The average molecular weight is 291 g/mol. The molecule has 1 aromatic carbocycles. The molecule has 0 unspecified atom stereocenters. The SMILES string of the molecule is COc1ccc(-c2nc3c(cnn3-c3ccccc3)[nH]2)cn1. The molecule has 0 saturated heterocycles. The third-order valence-corrected chi connectivity index (χ3v) is 3.43. The monoisotopic (exact) mass is 291 g/mol. The van der Waals surface area contributed by atoms with Gasteiger partial charge >= 0.3 is 0 Å². The van der Waals surface area contributed by atoms with Gasteiger partial charge in [0.1, 0.15) is 11.3 Å². The number of para-hydroxylation sites is 1. The summed E-state index contributed by atoms with van der Waals surface area (Å²) in [6, 6.07) is 13.7. The van der Waals surface area contributed by atoms with Crippen molar-refractivity contribution in [3.05, 3.63) is 54.9 Å². The largest absolute Gasteiger partial charge is 0.481 e. The van der Waals surface area contributed by atoms with Crippen molar-refractivity contribution in [3.8, 4) is 23.0 Å². The predicted molar refractivity (Wildman–Crippen MR) is 83.0 cm³/mol. The van der Waals surface area contributed by atoms with Crippen LogP contribution in [0.5, 0.6) is 5.88 Å². The number of H-pyrrole nitrogens is 1. The maximum Gasteiger partial charge on any atom is 0.212 e. The number of benzene rings is 1. The number of aromatic nitrogens is 5. The summed E-state index contributed by atoms with van der Waals surface area (Å²) >= 11 is 0. The molecule has 108 valence electrons. The van der Waals surface area contributed by atoms with Gasteiger partial charge in [0.05, 0.1) is 19.0 Å². The van der Waals surface area contributed by atoms with Crippen molar-refractivity contribution in [1.29, 1.82) is 0 Å². The number of hydrogen-bond donors (Lipinski definition) is 1. The molecular formula is C16H13N5O. The van der Waals surface area contributed by atoms with E-state index in [9.17, 15) is 0 Å². The zero-order valence-corrected chi connectivity index (χ0v) is 11.9. The molecule has 0 aliphatic heterocycles. The van der Waals surface area contributed by atoms with Crippen LogP contribution in [0.25, 0.3) is 28.2 Å². The molecule has 0 radical (unpaired) electrons. The van der Waals surface area contributed by atoms with Crippen LogP contribution < -0.4 is 4.74 Å². The highest BCUT2D eigenvalue weighted by Gasteiger charge is 2.12. The highest BCUT2D eigenvalue weighted by molar-refractivity contribution is 5.77. The van der Waals surface area contributed by atoms with Crippen LogP contribution in [-0.4, -0.2) is 31.8 Å². The number of methoxy groups -OCH3 is 1. The summed E-state index contributed by atoms with van der Waals surface area (Å²) < 4.78 is 6.88. The van der Waals surface area contributed by atoms with Gasteiger partial charge in [-0.05, 0) is 18.2 Å². The topological polar surface area (TPSA) is 68.6 Å². The van der Waals surface area contributed by atoms with Gasteiger partial charge in [0.25, 0.3) is 0 Å². The Balaban J connectivity index is 1.79. The average Bonchev–Trinajstić information content (AvgIpc) is 3.16. The lowest BCUT2D eigenvalue weighted by molar-refractivity contribution is 0.398. The molecule has 0 atom stereocenters. The first kappa shape index (κ1) is 12.6. The molecule has 3 aromatic heterocycles. The van der Waals surface area contributed by atoms with Gasteiger partial charge in [-0.3, -0.25) is 0 Å². The first-order valence-electron chi connectivity index (χ1n) is 6.85. The summed E-state index contributed by atoms with van der Waals surface area (Å²) in [5.74, 6) is 1.34. The molecule has 0 aliphatic rings. The minimum atomic E-state index is 0.579. The third kappa shape index (κ3) is 2.01. The lowest BCUT2D eigenvalue weighted by Crippen LogP contribution is -1.96. The minimum Gasteiger partial charge on any atom is -0.481 e. The summed E-state index contributed by atoms with van der Waals surface area (Å²) in [5.41, 5.74) is 3.55. The molecule has 1 N–H and O–H groups in total. The van der Waals surface area contributed by atoms with Crippen molar-refractivity contribution in [1.82, 2.24) is 24.7 Å². The van der Waals surface area contributed by atoms with Gasteiger partial charge in [0, 0.05) is 17.8 Å². The molecule has 4 aromatic rings. The van der Waals surface area contributed by atoms with Crippen molar-refractivity contribution in [2.45, 2.75) is 0 Å². The Morgan fingerprint density at radius 3 is 2.64 bits per heavy atom. The number of pyridine rings is 1. The Kier molecular flexibility index (Phi) is 2.86. The van der Waals surface area contributed by atoms with Crippen molar-refractivity contribution in [2.24, 2.45) is 0 Å². The van der Waals surface area contributed by atoms with Crippen LogP contribution in [0.1, 0.15) is 0 Å². The summed E-state index contributed by atoms with van der Waals surface area (Å²) in [5, 5.41) is 4.38. The van der Waals surface area contributed by atoms with E-state index in [1.807, 2.05) is 47.1 Å². The van der Waals surface area contributed by atoms with E-state index >= 15 is 0 Å². The fraction of sp³-hybridized carbons (Fsp3) is 0.0625. The van der Waals surface area contributed by atoms with E-state index in [2.05, 4.69) is 20.1 Å². The highest BCUT2D eigenvalue weighted by atomic mass is 16.5. The van der Waals surface area contributed by atoms with Gasteiger partial charge in [-0.1, -0.05) is 18.2 Å². The first-order valence-corrected chi connectivity index (χ1v) is 6.85. The van der Waals surface area contributed by atoms with E-state index in [1.165, 1.54) is 0 Å². The number of fused-ring (bicyclic) bond motifs is 1. The minimum absolute atomic E-state index is 0.579. The van der Waals surface area contributed by atoms with Crippen LogP contribution in [0, 0.1) is 0 Å². The second-order valence-corrected chi connectivity index (χ2v) is 4.80. The van der Waals surface area contributed by atoms with E-state index in [0.717, 1.165) is 28.2 Å². The van der Waals surface area contributed by atoms with Crippen molar-refractivity contribution >= 4 is 11.2 Å². The van der Waals surface area contributed by atoms with E-state index in [-0.39, 0.29) is 0 Å². The molecule has 0 bridgehead atoms. The summed E-state index contributed by atoms with van der Waals surface area (Å²) in [4.78, 5) is 12.1. The standard InChI is InChI=1S/C16H13N5O/c1-22-14-8-7-11(9-17-14)15-19-13-10-18-21(16(13)20-15)12-5-3-2-4-6-12/h2-10H,1H3,(H,19,20). The molecule has 22 heavy (non-hydrogen) atoms. The van der Waals surface area contributed by atoms with Crippen molar-refractivity contribution < 1.29 is 4.74 Å². The number of imidazole rings is 1. The maximum atomic E-state index is 5.07. The quantitative estimate of drug-likeness (QED) is 0.630. The molecule has 0 saturated carbocycles. The van der Waals surface area contributed by atoms with Crippen LogP contribution in [-0.2, 0) is 0 Å². The zero-order valence-electron chi connectivity index (χ0n) is 11.9. The molecule has 0 fully saturated rings. The molecular weight excluding hydrogens is 278 g/mol. The van der Waals surface area contributed by atoms with Crippen molar-refractivity contribution in [3.63, 3.8) is 0 Å². The Labute approximate surface area is 126 Å². The smallest absolute Gasteiger partial charge is 0.212 e. The third-order valence-electron chi connectivity index (χ3n) is 3.43. The van der Waals surface area contributed by atoms with Crippen molar-refractivity contribution in [2.75, 3.05) is 7.11 Å². The fourth-order valence-corrected chi connectivity index (χ4v) is 2.34. The first-order chi connectivity index (χ1) is 10.8. The van der Waals surface area contributed by atoms with Crippen LogP contribution in [0.4, 0.5) is 0 Å². The Morgan fingerprint density at radius 1 is 1.05 bits per heavy atom. The Hall–Kier alpha value is -3.15. The van der Waals surface area contributed by atoms with Gasteiger partial charge in [-0.25, -0.2) is 14.6 Å². The number of hydrogen-bond acceptors (Lipinski definition) is 4. The normalized spacial score (nSPS) is 11.0. The number of ether oxygens (including phenoxy) is 1. The maximum absolute atomic E-state index is 5.07. The van der Waals surface area contributed by atoms with Gasteiger partial charge in [-0.15, -0.1) is 0 Å². The zero-order chi connectivity index (χ0) is 14.9. The van der Waals surface area contributed by atoms with Gasteiger partial charge in [0.2, 0.25) is 5.88 Å². The van der Waals surface area contributed by atoms with Crippen LogP contribution in [0.2, 0.25) is 0 Å². The number of aromatic amines is 1. The van der Waals surface area contributed by atoms with E-state index in [0.29, 0.717) is 5.88 Å². The van der Waals surface area contributed by atoms with Gasteiger partial charge < -0.3 is 9.72 Å². The number of nitrogens with zero attached hydrogens (tertiary/aromatic N) is 4. The molecule has 0 spiro atoms. The summed E-state index contributed by atoms with van der Waals surface area (Å²) in [6.45, 7) is 0. The van der Waals surface area contributed by atoms with E-state index < -0.39 is 0 Å². The molecule has 0 amide bonds. The van der Waals surface area contributed by atoms with Gasteiger partial charge in [0.15, 0.2) is 5.65 Å². The lowest BCUT2D eigenvalue weighted by Gasteiger charge is -2.01. The van der Waals surface area contributed by atoms with E-state index in [4.69, 9.17) is 4.74 Å². The fourth-order valence-electron chi connectivity index (χ4n) is 2.34. The summed E-state index contributed by atoms with van der Waals surface area (Å²) in [7, 11) is 1.59. The van der Waals surface area contributed by atoms with Gasteiger partial charge in [-0.2, -0.15) is 5.10 Å². The van der Waals surface area contributed by atoms with Crippen LogP contribution in [0.3, 0.4) is 0 Å². The number of nitrogens with one attached hydrogen (secondary N) is 1. The second kappa shape index (κ2) is 5.00. The Morgan fingerprint density at radius 2 is 1.91 bits per heavy atom. The number of rotatable bonds is 3.